The number of nitrogens with zero attached hydrogens (tertiary/aromatic N) is 2. The molecule has 122 valence electrons. The lowest BCUT2D eigenvalue weighted by Gasteiger charge is -2.26. The molecular weight excluding hydrogens is 288 g/mol. The van der Waals surface area contributed by atoms with E-state index in [4.69, 9.17) is 9.47 Å². The fraction of sp³-hybridized carbons (Fsp3) is 0.474. The summed E-state index contributed by atoms with van der Waals surface area (Å²) >= 11 is 0. The van der Waals surface area contributed by atoms with Crippen molar-refractivity contribution >= 4 is 0 Å². The summed E-state index contributed by atoms with van der Waals surface area (Å²) in [6.45, 7) is 7.00. The van der Waals surface area contributed by atoms with E-state index < -0.39 is 0 Å². The Morgan fingerprint density at radius 1 is 1.30 bits per heavy atom. The van der Waals surface area contributed by atoms with Gasteiger partial charge in [0.15, 0.2) is 11.5 Å². The maximum atomic E-state index is 5.97. The van der Waals surface area contributed by atoms with E-state index >= 15 is 0 Å². The molecule has 0 spiro atoms. The molecular formula is C19H24N2O2. The van der Waals surface area contributed by atoms with Crippen LogP contribution in [0.15, 0.2) is 24.3 Å². The van der Waals surface area contributed by atoms with Gasteiger partial charge in [0.2, 0.25) is 0 Å². The SMILES string of the molecule is COc1cccc2c1OC[C@H](Cc1cc(C(C)C)nc(C)n1)C2. The summed E-state index contributed by atoms with van der Waals surface area (Å²) in [6.07, 6.45) is 1.91. The van der Waals surface area contributed by atoms with Crippen LogP contribution in [-0.2, 0) is 12.8 Å². The molecule has 2 aromatic rings. The van der Waals surface area contributed by atoms with Gasteiger partial charge in [0, 0.05) is 17.3 Å². The quantitative estimate of drug-likeness (QED) is 0.863. The number of aromatic nitrogens is 2. The van der Waals surface area contributed by atoms with E-state index in [0.717, 1.165) is 41.6 Å². The highest BCUT2D eigenvalue weighted by Crippen LogP contribution is 2.36. The van der Waals surface area contributed by atoms with Crippen LogP contribution < -0.4 is 9.47 Å². The third-order valence-electron chi connectivity index (χ3n) is 4.25. The predicted octanol–water partition coefficient (Wildman–Crippen LogP) is 3.71. The average Bonchev–Trinajstić information content (AvgIpc) is 2.53. The van der Waals surface area contributed by atoms with Crippen molar-refractivity contribution in [2.24, 2.45) is 5.92 Å². The second kappa shape index (κ2) is 6.57. The van der Waals surface area contributed by atoms with Crippen molar-refractivity contribution in [3.63, 3.8) is 0 Å². The maximum Gasteiger partial charge on any atom is 0.164 e. The molecule has 1 aliphatic rings. The van der Waals surface area contributed by atoms with Crippen molar-refractivity contribution in [3.8, 4) is 11.5 Å². The van der Waals surface area contributed by atoms with Crippen LogP contribution in [-0.4, -0.2) is 23.7 Å². The van der Waals surface area contributed by atoms with Gasteiger partial charge in [-0.25, -0.2) is 9.97 Å². The van der Waals surface area contributed by atoms with Crippen LogP contribution in [0.5, 0.6) is 11.5 Å². The average molecular weight is 312 g/mol. The van der Waals surface area contributed by atoms with Gasteiger partial charge in [-0.1, -0.05) is 26.0 Å². The van der Waals surface area contributed by atoms with E-state index in [1.54, 1.807) is 7.11 Å². The van der Waals surface area contributed by atoms with Crippen LogP contribution in [0.25, 0.3) is 0 Å². The number of para-hydroxylation sites is 1. The molecule has 1 aliphatic heterocycles. The molecule has 4 nitrogen and oxygen atoms in total. The Morgan fingerprint density at radius 2 is 2.13 bits per heavy atom. The predicted molar refractivity (Wildman–Crippen MR) is 90.2 cm³/mol. The summed E-state index contributed by atoms with van der Waals surface area (Å²) in [6, 6.07) is 8.23. The molecule has 0 fully saturated rings. The highest BCUT2D eigenvalue weighted by Gasteiger charge is 2.23. The number of rotatable bonds is 4. The van der Waals surface area contributed by atoms with Crippen molar-refractivity contribution in [2.45, 2.75) is 39.5 Å². The van der Waals surface area contributed by atoms with Gasteiger partial charge in [-0.15, -0.1) is 0 Å². The van der Waals surface area contributed by atoms with Gasteiger partial charge in [0.05, 0.1) is 13.7 Å². The number of hydrogen-bond acceptors (Lipinski definition) is 4. The maximum absolute atomic E-state index is 5.97. The normalized spacial score (nSPS) is 16.8. The summed E-state index contributed by atoms with van der Waals surface area (Å²) < 4.78 is 11.3. The Kier molecular flexibility index (Phi) is 4.51. The van der Waals surface area contributed by atoms with Crippen molar-refractivity contribution < 1.29 is 9.47 Å². The smallest absolute Gasteiger partial charge is 0.164 e. The zero-order chi connectivity index (χ0) is 16.4. The highest BCUT2D eigenvalue weighted by atomic mass is 16.5. The number of methoxy groups -OCH3 is 1. The molecule has 0 amide bonds. The van der Waals surface area contributed by atoms with Crippen LogP contribution in [0, 0.1) is 12.8 Å². The number of hydrogen-bond donors (Lipinski definition) is 0. The minimum atomic E-state index is 0.419. The van der Waals surface area contributed by atoms with Crippen molar-refractivity contribution in [3.05, 3.63) is 47.0 Å². The Morgan fingerprint density at radius 3 is 2.87 bits per heavy atom. The van der Waals surface area contributed by atoms with Crippen LogP contribution >= 0.6 is 0 Å². The van der Waals surface area contributed by atoms with Gasteiger partial charge in [-0.2, -0.15) is 0 Å². The first kappa shape index (κ1) is 15.8. The second-order valence-electron chi connectivity index (χ2n) is 6.52. The van der Waals surface area contributed by atoms with E-state index in [-0.39, 0.29) is 0 Å². The lowest BCUT2D eigenvalue weighted by Crippen LogP contribution is -2.23. The standard InChI is InChI=1S/C19H24N2O2/c1-12(2)17-10-16(20-13(3)21-17)9-14-8-15-6-5-7-18(22-4)19(15)23-11-14/h5-7,10,12,14H,8-9,11H2,1-4H3/t14-/m0/s1. The van der Waals surface area contributed by atoms with Gasteiger partial charge in [-0.3, -0.25) is 0 Å². The lowest BCUT2D eigenvalue weighted by molar-refractivity contribution is 0.210. The summed E-state index contributed by atoms with van der Waals surface area (Å²) in [7, 11) is 1.68. The van der Waals surface area contributed by atoms with Gasteiger partial charge >= 0.3 is 0 Å². The van der Waals surface area contributed by atoms with Gasteiger partial charge in [0.25, 0.3) is 0 Å². The van der Waals surface area contributed by atoms with E-state index in [9.17, 15) is 0 Å². The molecule has 1 aromatic carbocycles. The highest BCUT2D eigenvalue weighted by molar-refractivity contribution is 5.47. The topological polar surface area (TPSA) is 44.2 Å². The summed E-state index contributed by atoms with van der Waals surface area (Å²) in [5.74, 6) is 3.42. The Hall–Kier alpha value is -2.10. The number of benzene rings is 1. The number of ether oxygens (including phenoxy) is 2. The number of fused-ring (bicyclic) bond motifs is 1. The molecule has 0 saturated heterocycles. The Bertz CT molecular complexity index is 698. The summed E-state index contributed by atoms with van der Waals surface area (Å²) in [4.78, 5) is 9.13. The molecule has 4 heteroatoms. The van der Waals surface area contributed by atoms with Gasteiger partial charge < -0.3 is 9.47 Å². The third-order valence-corrected chi connectivity index (χ3v) is 4.25. The first-order valence-corrected chi connectivity index (χ1v) is 8.20. The van der Waals surface area contributed by atoms with E-state index in [0.29, 0.717) is 18.4 Å². The molecule has 0 aliphatic carbocycles. The molecule has 0 unspecified atom stereocenters. The van der Waals surface area contributed by atoms with Crippen molar-refractivity contribution in [1.29, 1.82) is 0 Å². The Balaban J connectivity index is 1.77. The van der Waals surface area contributed by atoms with Crippen molar-refractivity contribution in [2.75, 3.05) is 13.7 Å². The van der Waals surface area contributed by atoms with Gasteiger partial charge in [0.1, 0.15) is 5.82 Å². The Labute approximate surface area is 137 Å². The van der Waals surface area contributed by atoms with Crippen LogP contribution in [0.1, 0.15) is 42.5 Å². The fourth-order valence-corrected chi connectivity index (χ4v) is 3.10. The van der Waals surface area contributed by atoms with Crippen LogP contribution in [0.3, 0.4) is 0 Å². The minimum Gasteiger partial charge on any atom is -0.493 e. The third kappa shape index (κ3) is 3.46. The molecule has 1 aromatic heterocycles. The first-order valence-electron chi connectivity index (χ1n) is 8.20. The minimum absolute atomic E-state index is 0.419. The molecule has 1 atom stereocenters. The molecule has 0 N–H and O–H groups in total. The molecule has 2 heterocycles. The zero-order valence-electron chi connectivity index (χ0n) is 14.3. The lowest BCUT2D eigenvalue weighted by atomic mass is 9.92. The van der Waals surface area contributed by atoms with E-state index in [2.05, 4.69) is 35.9 Å². The second-order valence-corrected chi connectivity index (χ2v) is 6.52. The van der Waals surface area contributed by atoms with Crippen LogP contribution in [0.4, 0.5) is 0 Å². The number of aryl methyl sites for hydroxylation is 1. The fourth-order valence-electron chi connectivity index (χ4n) is 3.10. The first-order chi connectivity index (χ1) is 11.1. The monoisotopic (exact) mass is 312 g/mol. The van der Waals surface area contributed by atoms with Gasteiger partial charge in [-0.05, 0) is 43.4 Å². The molecule has 0 saturated carbocycles. The van der Waals surface area contributed by atoms with Crippen LogP contribution in [0.2, 0.25) is 0 Å². The van der Waals surface area contributed by atoms with E-state index in [1.807, 2.05) is 19.1 Å². The van der Waals surface area contributed by atoms with E-state index in [1.165, 1.54) is 5.56 Å². The largest absolute Gasteiger partial charge is 0.493 e. The molecule has 0 bridgehead atoms. The summed E-state index contributed by atoms with van der Waals surface area (Å²) in [5.41, 5.74) is 3.45. The zero-order valence-corrected chi connectivity index (χ0v) is 14.3. The molecule has 3 rings (SSSR count). The van der Waals surface area contributed by atoms with Crippen molar-refractivity contribution in [1.82, 2.24) is 9.97 Å². The molecule has 23 heavy (non-hydrogen) atoms. The molecule has 0 radical (unpaired) electrons. The summed E-state index contributed by atoms with van der Waals surface area (Å²) in [5, 5.41) is 0.